The van der Waals surface area contributed by atoms with Crippen LogP contribution in [0.3, 0.4) is 0 Å². The normalized spacial score (nSPS) is 12.7. The van der Waals surface area contributed by atoms with Gasteiger partial charge in [-0.1, -0.05) is 50.6 Å². The smallest absolute Gasteiger partial charge is 0.434 e. The summed E-state index contributed by atoms with van der Waals surface area (Å²) in [5, 5.41) is 5.75. The molecule has 3 heterocycles. The van der Waals surface area contributed by atoms with Gasteiger partial charge in [-0.25, -0.2) is 19.6 Å². The first-order valence-electron chi connectivity index (χ1n) is 15.6. The van der Waals surface area contributed by atoms with Crippen LogP contribution >= 0.6 is 11.6 Å². The van der Waals surface area contributed by atoms with E-state index in [2.05, 4.69) is 48.9 Å². The monoisotopic (exact) mass is 700 g/mol. The summed E-state index contributed by atoms with van der Waals surface area (Å²) < 4.78 is 62.4. The van der Waals surface area contributed by atoms with Crippen molar-refractivity contribution in [2.24, 2.45) is 0 Å². The van der Waals surface area contributed by atoms with E-state index < -0.39 is 20.2 Å². The van der Waals surface area contributed by atoms with Gasteiger partial charge in [0, 0.05) is 29.6 Å². The standard InChI is InChI=1S/C34H40ClF3N6O3Si/c1-21(2)43-20-28(34(36,37)38)41-31(43)22-12-13-23(27(16-22)46-14-15-47-48(7,8)33(3,4)5)19-44-32-24(18-40-44)17-39-30(42-32)29-25(35)10-9-11-26(29)45-6/h9-13,16-18,20-21H,14-15,19H2,1-8H3. The summed E-state index contributed by atoms with van der Waals surface area (Å²) in [6.07, 6.45) is -0.191. The van der Waals surface area contributed by atoms with Crippen molar-refractivity contribution in [1.29, 1.82) is 0 Å². The maximum atomic E-state index is 13.7. The number of halogens is 4. The van der Waals surface area contributed by atoms with Crippen molar-refractivity contribution in [2.75, 3.05) is 20.3 Å². The second-order valence-corrected chi connectivity index (χ2v) is 18.5. The number of alkyl halides is 3. The minimum Gasteiger partial charge on any atom is -0.496 e. The Balaban J connectivity index is 1.53. The molecule has 2 aromatic carbocycles. The zero-order chi connectivity index (χ0) is 35.0. The molecule has 0 spiro atoms. The van der Waals surface area contributed by atoms with Gasteiger partial charge in [0.15, 0.2) is 25.5 Å². The Labute approximate surface area is 284 Å². The lowest BCUT2D eigenvalue weighted by atomic mass is 10.1. The third-order valence-electron chi connectivity index (χ3n) is 8.63. The van der Waals surface area contributed by atoms with E-state index in [0.717, 1.165) is 11.8 Å². The van der Waals surface area contributed by atoms with Crippen molar-refractivity contribution in [1.82, 2.24) is 29.3 Å². The molecule has 0 bridgehead atoms. The summed E-state index contributed by atoms with van der Waals surface area (Å²) >= 11 is 6.52. The third-order valence-corrected chi connectivity index (χ3v) is 13.5. The number of nitrogens with zero attached hydrogens (tertiary/aromatic N) is 6. The number of aromatic nitrogens is 6. The third kappa shape index (κ3) is 7.37. The van der Waals surface area contributed by atoms with E-state index >= 15 is 0 Å². The zero-order valence-corrected chi connectivity index (χ0v) is 30.1. The fourth-order valence-corrected chi connectivity index (χ4v) is 6.19. The van der Waals surface area contributed by atoms with E-state index in [-0.39, 0.29) is 30.1 Å². The molecule has 0 unspecified atom stereocenters. The SMILES string of the molecule is COc1cccc(Cl)c1-c1ncc2cnn(Cc3ccc(-c4nc(C(F)(F)F)cn4C(C)C)cc3OCCO[Si](C)(C)C(C)(C)C)c2n1. The predicted octanol–water partition coefficient (Wildman–Crippen LogP) is 9.07. The molecule has 14 heteroatoms. The zero-order valence-electron chi connectivity index (χ0n) is 28.3. The molecule has 256 valence electrons. The highest BCUT2D eigenvalue weighted by Gasteiger charge is 2.37. The molecular formula is C34H40ClF3N6O3Si. The Kier molecular flexibility index (Phi) is 9.96. The number of benzene rings is 2. The molecular weight excluding hydrogens is 661 g/mol. The minimum atomic E-state index is -4.58. The first-order valence-corrected chi connectivity index (χ1v) is 18.9. The minimum absolute atomic E-state index is 0.0258. The summed E-state index contributed by atoms with van der Waals surface area (Å²) in [4.78, 5) is 13.3. The highest BCUT2D eigenvalue weighted by Crippen LogP contribution is 2.38. The maximum Gasteiger partial charge on any atom is 0.434 e. The van der Waals surface area contributed by atoms with Crippen molar-refractivity contribution in [3.63, 3.8) is 0 Å². The van der Waals surface area contributed by atoms with Gasteiger partial charge in [0.05, 0.1) is 42.4 Å². The van der Waals surface area contributed by atoms with Gasteiger partial charge in [0.2, 0.25) is 0 Å². The van der Waals surface area contributed by atoms with E-state index in [1.54, 1.807) is 54.5 Å². The van der Waals surface area contributed by atoms with Gasteiger partial charge in [-0.15, -0.1) is 0 Å². The van der Waals surface area contributed by atoms with Crippen LogP contribution < -0.4 is 9.47 Å². The first kappa shape index (κ1) is 35.4. The lowest BCUT2D eigenvalue weighted by Gasteiger charge is -2.36. The van der Waals surface area contributed by atoms with Gasteiger partial charge >= 0.3 is 6.18 Å². The van der Waals surface area contributed by atoms with E-state index in [4.69, 9.17) is 30.5 Å². The lowest BCUT2D eigenvalue weighted by molar-refractivity contribution is -0.140. The van der Waals surface area contributed by atoms with Gasteiger partial charge in [-0.2, -0.15) is 18.3 Å². The summed E-state index contributed by atoms with van der Waals surface area (Å²) in [7, 11) is -0.475. The molecule has 0 atom stereocenters. The van der Waals surface area contributed by atoms with Crippen LogP contribution in [0, 0.1) is 0 Å². The average Bonchev–Trinajstić information content (AvgIpc) is 3.64. The fourth-order valence-electron chi connectivity index (χ4n) is 4.92. The van der Waals surface area contributed by atoms with E-state index in [9.17, 15) is 13.2 Å². The quantitative estimate of drug-likeness (QED) is 0.100. The average molecular weight is 701 g/mol. The molecule has 0 N–H and O–H groups in total. The number of imidazole rings is 1. The molecule has 0 radical (unpaired) electrons. The molecule has 0 aliphatic carbocycles. The van der Waals surface area contributed by atoms with Crippen LogP contribution in [0.1, 0.15) is 51.9 Å². The van der Waals surface area contributed by atoms with Gasteiger partial charge < -0.3 is 18.5 Å². The van der Waals surface area contributed by atoms with Crippen LogP contribution in [0.2, 0.25) is 23.2 Å². The van der Waals surface area contributed by atoms with E-state index in [1.807, 2.05) is 19.9 Å². The van der Waals surface area contributed by atoms with Crippen LogP contribution in [0.4, 0.5) is 13.2 Å². The molecule has 9 nitrogen and oxygen atoms in total. The van der Waals surface area contributed by atoms with Gasteiger partial charge in [0.25, 0.3) is 0 Å². The number of rotatable bonds is 11. The Hall–Kier alpha value is -3.94. The van der Waals surface area contributed by atoms with Gasteiger partial charge in [-0.3, -0.25) is 0 Å². The molecule has 0 saturated heterocycles. The second kappa shape index (κ2) is 13.5. The lowest BCUT2D eigenvalue weighted by Crippen LogP contribution is -2.41. The van der Waals surface area contributed by atoms with Crippen molar-refractivity contribution in [2.45, 2.75) is 71.5 Å². The van der Waals surface area contributed by atoms with Crippen LogP contribution in [-0.4, -0.2) is 57.9 Å². The Morgan fingerprint density at radius 3 is 2.40 bits per heavy atom. The van der Waals surface area contributed by atoms with Crippen molar-refractivity contribution < 1.29 is 27.1 Å². The Morgan fingerprint density at radius 2 is 1.73 bits per heavy atom. The molecule has 0 aliphatic rings. The van der Waals surface area contributed by atoms with Crippen LogP contribution in [0.5, 0.6) is 11.5 Å². The number of hydrogen-bond donors (Lipinski definition) is 0. The Morgan fingerprint density at radius 1 is 0.979 bits per heavy atom. The molecule has 48 heavy (non-hydrogen) atoms. The largest absolute Gasteiger partial charge is 0.496 e. The molecule has 5 aromatic rings. The molecule has 0 saturated carbocycles. The van der Waals surface area contributed by atoms with Crippen LogP contribution in [0.15, 0.2) is 55.0 Å². The van der Waals surface area contributed by atoms with Gasteiger partial charge in [0.1, 0.15) is 23.9 Å². The summed E-state index contributed by atoms with van der Waals surface area (Å²) in [5.74, 6) is 1.58. The van der Waals surface area contributed by atoms with E-state index in [0.29, 0.717) is 51.1 Å². The van der Waals surface area contributed by atoms with Gasteiger partial charge in [-0.05, 0) is 50.2 Å². The number of methoxy groups -OCH3 is 1. The van der Waals surface area contributed by atoms with Crippen molar-refractivity contribution >= 4 is 31.0 Å². The molecule has 0 fully saturated rings. The van der Waals surface area contributed by atoms with Crippen LogP contribution in [0.25, 0.3) is 33.8 Å². The van der Waals surface area contributed by atoms with E-state index in [1.165, 1.54) is 4.57 Å². The molecule has 0 aliphatic heterocycles. The maximum absolute atomic E-state index is 13.7. The highest BCUT2D eigenvalue weighted by atomic mass is 35.5. The Bertz CT molecular complexity index is 1920. The van der Waals surface area contributed by atoms with Crippen LogP contribution in [-0.2, 0) is 17.1 Å². The number of hydrogen-bond acceptors (Lipinski definition) is 7. The first-order chi connectivity index (χ1) is 22.5. The molecule has 5 rings (SSSR count). The predicted molar refractivity (Wildman–Crippen MR) is 183 cm³/mol. The summed E-state index contributed by atoms with van der Waals surface area (Å²) in [5.41, 5.74) is 1.40. The fraction of sp³-hybridized carbons (Fsp3) is 0.412. The second-order valence-electron chi connectivity index (χ2n) is 13.3. The summed E-state index contributed by atoms with van der Waals surface area (Å²) in [6.45, 7) is 15.3. The highest BCUT2D eigenvalue weighted by molar-refractivity contribution is 6.74. The topological polar surface area (TPSA) is 89.1 Å². The van der Waals surface area contributed by atoms with Crippen molar-refractivity contribution in [3.05, 3.63) is 71.3 Å². The summed E-state index contributed by atoms with van der Waals surface area (Å²) in [6, 6.07) is 10.3. The number of fused-ring (bicyclic) bond motifs is 1. The molecule has 0 amide bonds. The molecule has 3 aromatic heterocycles. The van der Waals surface area contributed by atoms with Crippen molar-refractivity contribution in [3.8, 4) is 34.3 Å². The number of ether oxygens (including phenoxy) is 2.